The van der Waals surface area contributed by atoms with Gasteiger partial charge in [0.25, 0.3) is 0 Å². The van der Waals surface area contributed by atoms with Crippen LogP contribution in [0.1, 0.15) is 11.1 Å². The Morgan fingerprint density at radius 1 is 0.657 bits per heavy atom. The zero-order chi connectivity index (χ0) is 22.9. The van der Waals surface area contributed by atoms with E-state index in [1.165, 1.54) is 16.8 Å². The summed E-state index contributed by atoms with van der Waals surface area (Å²) in [6.07, 6.45) is 1.87. The second-order valence-corrected chi connectivity index (χ2v) is 8.32. The van der Waals surface area contributed by atoms with Crippen molar-refractivity contribution in [2.24, 2.45) is 0 Å². The highest BCUT2D eigenvalue weighted by molar-refractivity contribution is 5.85. The highest BCUT2D eigenvalue weighted by Gasteiger charge is 2.19. The third kappa shape index (κ3) is 7.96. The van der Waals surface area contributed by atoms with Gasteiger partial charge in [0.2, 0.25) is 0 Å². The predicted octanol–water partition coefficient (Wildman–Crippen LogP) is 5.53. The van der Waals surface area contributed by atoms with Crippen LogP contribution < -0.4 is 19.1 Å². The standard InChI is InChI=1S/C28H34N2O3.2ClH/c1-31-26-11-7-6-10-25(26)30-19-17-29(18-20-30)16-14-24-12-13-27(32-2)28(22-24)33-21-15-23-8-4-3-5-9-23;;/h3-13,22H,14-21H2,1-2H3;2*1H. The van der Waals surface area contributed by atoms with Gasteiger partial charge in [0.15, 0.2) is 11.5 Å². The van der Waals surface area contributed by atoms with Crippen LogP contribution in [0.3, 0.4) is 0 Å². The lowest BCUT2D eigenvalue weighted by Crippen LogP contribution is -2.47. The van der Waals surface area contributed by atoms with Crippen molar-refractivity contribution in [2.45, 2.75) is 12.8 Å². The molecule has 0 N–H and O–H groups in total. The number of para-hydroxylation sites is 2. The molecule has 0 atom stereocenters. The molecule has 1 aliphatic rings. The summed E-state index contributed by atoms with van der Waals surface area (Å²) < 4.78 is 17.1. The van der Waals surface area contributed by atoms with E-state index in [1.807, 2.05) is 24.3 Å². The van der Waals surface area contributed by atoms with Crippen molar-refractivity contribution in [3.63, 3.8) is 0 Å². The van der Waals surface area contributed by atoms with Crippen LogP contribution in [-0.4, -0.2) is 58.5 Å². The zero-order valence-electron chi connectivity index (χ0n) is 20.5. The molecule has 3 aromatic rings. The van der Waals surface area contributed by atoms with Gasteiger partial charge in [-0.3, -0.25) is 4.90 Å². The summed E-state index contributed by atoms with van der Waals surface area (Å²) in [6, 6.07) is 25.0. The number of piperazine rings is 1. The van der Waals surface area contributed by atoms with E-state index in [4.69, 9.17) is 14.2 Å². The Bertz CT molecular complexity index is 1010. The average Bonchev–Trinajstić information content (AvgIpc) is 2.88. The van der Waals surface area contributed by atoms with Crippen LogP contribution in [0.5, 0.6) is 17.2 Å². The van der Waals surface area contributed by atoms with E-state index in [0.717, 1.165) is 62.8 Å². The number of anilines is 1. The van der Waals surface area contributed by atoms with E-state index in [9.17, 15) is 0 Å². The molecule has 1 saturated heterocycles. The molecule has 3 aromatic carbocycles. The van der Waals surface area contributed by atoms with Gasteiger partial charge in [0, 0.05) is 39.1 Å². The summed E-state index contributed by atoms with van der Waals surface area (Å²) >= 11 is 0. The minimum Gasteiger partial charge on any atom is -0.495 e. The number of methoxy groups -OCH3 is 2. The first-order chi connectivity index (χ1) is 16.3. The summed E-state index contributed by atoms with van der Waals surface area (Å²) in [5.74, 6) is 2.56. The smallest absolute Gasteiger partial charge is 0.161 e. The third-order valence-electron chi connectivity index (χ3n) is 6.23. The van der Waals surface area contributed by atoms with E-state index in [1.54, 1.807) is 14.2 Å². The van der Waals surface area contributed by atoms with Gasteiger partial charge in [-0.15, -0.1) is 24.8 Å². The van der Waals surface area contributed by atoms with Crippen molar-refractivity contribution < 1.29 is 14.2 Å². The second-order valence-electron chi connectivity index (χ2n) is 8.32. The topological polar surface area (TPSA) is 34.2 Å². The van der Waals surface area contributed by atoms with E-state index in [2.05, 4.69) is 58.3 Å². The van der Waals surface area contributed by atoms with Crippen molar-refractivity contribution in [2.75, 3.05) is 58.5 Å². The van der Waals surface area contributed by atoms with Gasteiger partial charge in [0.1, 0.15) is 5.75 Å². The van der Waals surface area contributed by atoms with Crippen molar-refractivity contribution in [1.82, 2.24) is 4.90 Å². The van der Waals surface area contributed by atoms with E-state index in [0.29, 0.717) is 6.61 Å². The number of halogens is 2. The van der Waals surface area contributed by atoms with Crippen molar-refractivity contribution >= 4 is 30.5 Å². The Morgan fingerprint density at radius 2 is 1.34 bits per heavy atom. The van der Waals surface area contributed by atoms with E-state index >= 15 is 0 Å². The Hall–Kier alpha value is -2.60. The molecular weight excluding hydrogens is 483 g/mol. The van der Waals surface area contributed by atoms with E-state index < -0.39 is 0 Å². The molecule has 5 nitrogen and oxygen atoms in total. The fourth-order valence-electron chi connectivity index (χ4n) is 4.30. The Balaban J connectivity index is 0.00000216. The molecule has 0 amide bonds. The molecule has 1 fully saturated rings. The van der Waals surface area contributed by atoms with Crippen LogP contribution in [-0.2, 0) is 12.8 Å². The number of ether oxygens (including phenoxy) is 3. The summed E-state index contributed by atoms with van der Waals surface area (Å²) in [4.78, 5) is 4.95. The molecule has 0 radical (unpaired) electrons. The molecule has 0 aromatic heterocycles. The maximum atomic E-state index is 6.09. The first kappa shape index (κ1) is 28.6. The molecule has 0 aliphatic carbocycles. The SMILES string of the molecule is COc1ccc(CCN2CCN(c3ccccc3OC)CC2)cc1OCCc1ccccc1.Cl.Cl. The first-order valence-electron chi connectivity index (χ1n) is 11.7. The molecule has 0 saturated carbocycles. The van der Waals surface area contributed by atoms with Crippen LogP contribution in [0.2, 0.25) is 0 Å². The Kier molecular flexibility index (Phi) is 12.0. The minimum atomic E-state index is 0. The number of hydrogen-bond acceptors (Lipinski definition) is 5. The minimum absolute atomic E-state index is 0. The lowest BCUT2D eigenvalue weighted by Gasteiger charge is -2.36. The quantitative estimate of drug-likeness (QED) is 0.352. The van der Waals surface area contributed by atoms with Gasteiger partial charge < -0.3 is 19.1 Å². The van der Waals surface area contributed by atoms with E-state index in [-0.39, 0.29) is 24.8 Å². The molecule has 7 heteroatoms. The fraction of sp³-hybridized carbons (Fsp3) is 0.357. The van der Waals surface area contributed by atoms with Gasteiger partial charge in [0.05, 0.1) is 26.5 Å². The number of nitrogens with zero attached hydrogens (tertiary/aromatic N) is 2. The highest BCUT2D eigenvalue weighted by atomic mass is 35.5. The first-order valence-corrected chi connectivity index (χ1v) is 11.7. The van der Waals surface area contributed by atoms with Crippen LogP contribution in [0.25, 0.3) is 0 Å². The fourth-order valence-corrected chi connectivity index (χ4v) is 4.30. The lowest BCUT2D eigenvalue weighted by atomic mass is 10.1. The summed E-state index contributed by atoms with van der Waals surface area (Å²) in [5.41, 5.74) is 3.74. The molecule has 0 unspecified atom stereocenters. The van der Waals surface area contributed by atoms with Crippen LogP contribution in [0.4, 0.5) is 5.69 Å². The third-order valence-corrected chi connectivity index (χ3v) is 6.23. The van der Waals surface area contributed by atoms with Gasteiger partial charge >= 0.3 is 0 Å². The zero-order valence-corrected chi connectivity index (χ0v) is 22.2. The van der Waals surface area contributed by atoms with Gasteiger partial charge in [-0.25, -0.2) is 0 Å². The molecule has 190 valence electrons. The molecule has 0 spiro atoms. The lowest BCUT2D eigenvalue weighted by molar-refractivity contribution is 0.259. The van der Waals surface area contributed by atoms with Crippen LogP contribution >= 0.6 is 24.8 Å². The predicted molar refractivity (Wildman–Crippen MR) is 148 cm³/mol. The number of rotatable bonds is 10. The molecule has 35 heavy (non-hydrogen) atoms. The summed E-state index contributed by atoms with van der Waals surface area (Å²) in [6.45, 7) is 5.79. The molecule has 1 aliphatic heterocycles. The molecular formula is C28H36Cl2N2O3. The molecule has 1 heterocycles. The second kappa shape index (κ2) is 14.7. The van der Waals surface area contributed by atoms with Crippen LogP contribution in [0, 0.1) is 0 Å². The monoisotopic (exact) mass is 518 g/mol. The van der Waals surface area contributed by atoms with Gasteiger partial charge in [-0.2, -0.15) is 0 Å². The summed E-state index contributed by atoms with van der Waals surface area (Å²) in [5, 5.41) is 0. The number of hydrogen-bond donors (Lipinski definition) is 0. The van der Waals surface area contributed by atoms with Gasteiger partial charge in [-0.1, -0.05) is 48.5 Å². The normalized spacial score (nSPS) is 13.4. The largest absolute Gasteiger partial charge is 0.495 e. The maximum Gasteiger partial charge on any atom is 0.161 e. The average molecular weight is 520 g/mol. The molecule has 4 rings (SSSR count). The molecule has 0 bridgehead atoms. The summed E-state index contributed by atoms with van der Waals surface area (Å²) in [7, 11) is 3.43. The Labute approximate surface area is 221 Å². The highest BCUT2D eigenvalue weighted by Crippen LogP contribution is 2.30. The maximum absolute atomic E-state index is 6.09. The van der Waals surface area contributed by atoms with Crippen LogP contribution in [0.15, 0.2) is 72.8 Å². The number of benzene rings is 3. The van der Waals surface area contributed by atoms with Crippen molar-refractivity contribution in [1.29, 1.82) is 0 Å². The van der Waals surface area contributed by atoms with Crippen molar-refractivity contribution in [3.05, 3.63) is 83.9 Å². The van der Waals surface area contributed by atoms with Crippen molar-refractivity contribution in [3.8, 4) is 17.2 Å². The van der Waals surface area contributed by atoms with Gasteiger partial charge in [-0.05, 0) is 41.8 Å². The Morgan fingerprint density at radius 3 is 2.06 bits per heavy atom.